The lowest BCUT2D eigenvalue weighted by Gasteiger charge is -2.08. The molecular weight excluding hydrogens is 274 g/mol. The second kappa shape index (κ2) is 5.66. The Balaban J connectivity index is 1.71. The van der Waals surface area contributed by atoms with Gasteiger partial charge in [-0.3, -0.25) is 0 Å². The van der Waals surface area contributed by atoms with Gasteiger partial charge in [0.15, 0.2) is 11.5 Å². The lowest BCUT2D eigenvalue weighted by molar-refractivity contribution is 0.354. The number of aromatic nitrogens is 2. The van der Waals surface area contributed by atoms with E-state index in [0.29, 0.717) is 12.5 Å². The Morgan fingerprint density at radius 3 is 2.75 bits per heavy atom. The van der Waals surface area contributed by atoms with E-state index in [-0.39, 0.29) is 0 Å². The molecule has 1 heterocycles. The van der Waals surface area contributed by atoms with E-state index in [1.807, 2.05) is 18.2 Å². The molecule has 1 aromatic heterocycles. The number of benzene rings is 1. The normalized spacial score (nSPS) is 14.1. The minimum atomic E-state index is 0.608. The molecule has 0 aliphatic heterocycles. The summed E-state index contributed by atoms with van der Waals surface area (Å²) in [4.78, 5) is 4.51. The van der Waals surface area contributed by atoms with Crippen LogP contribution in [0.1, 0.15) is 24.2 Å². The molecule has 1 aromatic carbocycles. The summed E-state index contributed by atoms with van der Waals surface area (Å²) >= 11 is 1.43. The summed E-state index contributed by atoms with van der Waals surface area (Å²) in [5.41, 5.74) is 1.11. The molecule has 20 heavy (non-hydrogen) atoms. The fourth-order valence-electron chi connectivity index (χ4n) is 1.96. The van der Waals surface area contributed by atoms with E-state index in [1.165, 1.54) is 24.4 Å². The fourth-order valence-corrected chi connectivity index (χ4v) is 2.62. The van der Waals surface area contributed by atoms with Crippen molar-refractivity contribution in [1.29, 1.82) is 0 Å². The fraction of sp³-hybridized carbons (Fsp3) is 0.429. The van der Waals surface area contributed by atoms with Gasteiger partial charge in [-0.1, -0.05) is 6.07 Å². The highest BCUT2D eigenvalue weighted by molar-refractivity contribution is 7.09. The zero-order chi connectivity index (χ0) is 13.9. The largest absolute Gasteiger partial charge is 0.493 e. The Morgan fingerprint density at radius 1 is 1.25 bits per heavy atom. The Bertz CT molecular complexity index is 596. The molecule has 3 rings (SSSR count). The third-order valence-electron chi connectivity index (χ3n) is 3.18. The van der Waals surface area contributed by atoms with Gasteiger partial charge >= 0.3 is 0 Å². The van der Waals surface area contributed by atoms with Gasteiger partial charge in [-0.2, -0.15) is 4.37 Å². The Hall–Kier alpha value is -1.82. The summed E-state index contributed by atoms with van der Waals surface area (Å²) in [6.07, 6.45) is 3.18. The van der Waals surface area contributed by atoms with Crippen molar-refractivity contribution in [2.45, 2.75) is 25.3 Å². The minimum Gasteiger partial charge on any atom is -0.493 e. The third-order valence-corrected chi connectivity index (χ3v) is 3.87. The predicted octanol–water partition coefficient (Wildman–Crippen LogP) is 2.72. The first kappa shape index (κ1) is 13.2. The van der Waals surface area contributed by atoms with Crippen LogP contribution in [-0.4, -0.2) is 29.6 Å². The van der Waals surface area contributed by atoms with Gasteiger partial charge in [-0.05, 0) is 30.5 Å². The maximum Gasteiger partial charge on any atom is 0.202 e. The smallest absolute Gasteiger partial charge is 0.202 e. The average molecular weight is 291 g/mol. The van der Waals surface area contributed by atoms with Gasteiger partial charge in [0.1, 0.15) is 5.82 Å². The van der Waals surface area contributed by atoms with Crippen LogP contribution in [0.2, 0.25) is 0 Å². The second-order valence-electron chi connectivity index (χ2n) is 4.80. The molecule has 0 saturated heterocycles. The third kappa shape index (κ3) is 3.01. The lowest BCUT2D eigenvalue weighted by Crippen LogP contribution is -2.00. The molecule has 1 saturated carbocycles. The molecule has 1 aliphatic rings. The average Bonchev–Trinajstić information content (AvgIpc) is 3.17. The summed E-state index contributed by atoms with van der Waals surface area (Å²) in [5, 5.41) is 4.28. The number of hydrogen-bond donors (Lipinski definition) is 1. The van der Waals surface area contributed by atoms with Gasteiger partial charge in [0.05, 0.1) is 14.2 Å². The monoisotopic (exact) mass is 291 g/mol. The van der Waals surface area contributed by atoms with Gasteiger partial charge < -0.3 is 14.8 Å². The van der Waals surface area contributed by atoms with Gasteiger partial charge in [0.2, 0.25) is 5.13 Å². The molecule has 0 amide bonds. The molecule has 0 spiro atoms. The van der Waals surface area contributed by atoms with E-state index in [1.54, 1.807) is 14.2 Å². The topological polar surface area (TPSA) is 56.3 Å². The van der Waals surface area contributed by atoms with Crippen molar-refractivity contribution >= 4 is 16.7 Å². The molecule has 106 valence electrons. The summed E-state index contributed by atoms with van der Waals surface area (Å²) in [6, 6.07) is 6.49. The standard InChI is InChI=1S/C14H17N3O2S/c1-18-11-6-3-9(7-12(11)19-2)8-13-16-14(20-17-13)15-10-4-5-10/h3,6-7,10H,4-5,8H2,1-2H3,(H,15,16,17). The molecule has 1 fully saturated rings. The van der Waals surface area contributed by atoms with Gasteiger partial charge in [-0.15, -0.1) is 0 Å². The summed E-state index contributed by atoms with van der Waals surface area (Å²) in [6.45, 7) is 0. The molecule has 0 bridgehead atoms. The van der Waals surface area contributed by atoms with Crippen molar-refractivity contribution in [3.8, 4) is 11.5 Å². The first-order valence-corrected chi connectivity index (χ1v) is 7.36. The van der Waals surface area contributed by atoms with Crippen LogP contribution in [0.3, 0.4) is 0 Å². The predicted molar refractivity (Wildman–Crippen MR) is 78.9 cm³/mol. The summed E-state index contributed by atoms with van der Waals surface area (Å²) in [5.74, 6) is 2.31. The quantitative estimate of drug-likeness (QED) is 0.887. The Morgan fingerprint density at radius 2 is 2.05 bits per heavy atom. The summed E-state index contributed by atoms with van der Waals surface area (Å²) in [7, 11) is 3.27. The van der Waals surface area contributed by atoms with Crippen LogP contribution in [0.4, 0.5) is 5.13 Å². The van der Waals surface area contributed by atoms with Crippen LogP contribution in [0.5, 0.6) is 11.5 Å². The van der Waals surface area contributed by atoms with E-state index in [9.17, 15) is 0 Å². The highest BCUT2D eigenvalue weighted by atomic mass is 32.1. The van der Waals surface area contributed by atoms with Gasteiger partial charge in [0, 0.05) is 24.0 Å². The molecule has 0 unspecified atom stereocenters. The molecule has 2 aromatic rings. The molecule has 1 N–H and O–H groups in total. The molecule has 5 nitrogen and oxygen atoms in total. The van der Waals surface area contributed by atoms with Crippen LogP contribution >= 0.6 is 11.5 Å². The van der Waals surface area contributed by atoms with Crippen molar-refractivity contribution in [3.63, 3.8) is 0 Å². The zero-order valence-corrected chi connectivity index (χ0v) is 12.4. The van der Waals surface area contributed by atoms with Crippen LogP contribution in [0.15, 0.2) is 18.2 Å². The van der Waals surface area contributed by atoms with Gasteiger partial charge in [-0.25, -0.2) is 4.98 Å². The van der Waals surface area contributed by atoms with E-state index < -0.39 is 0 Å². The molecular formula is C14H17N3O2S. The van der Waals surface area contributed by atoms with Crippen LogP contribution < -0.4 is 14.8 Å². The first-order valence-electron chi connectivity index (χ1n) is 6.58. The van der Waals surface area contributed by atoms with Crippen molar-refractivity contribution in [2.24, 2.45) is 0 Å². The van der Waals surface area contributed by atoms with Crippen LogP contribution in [-0.2, 0) is 6.42 Å². The second-order valence-corrected chi connectivity index (χ2v) is 5.55. The van der Waals surface area contributed by atoms with Crippen molar-refractivity contribution < 1.29 is 9.47 Å². The highest BCUT2D eigenvalue weighted by Gasteiger charge is 2.22. The number of nitrogens with one attached hydrogen (secondary N) is 1. The number of hydrogen-bond acceptors (Lipinski definition) is 6. The molecule has 1 aliphatic carbocycles. The Kier molecular flexibility index (Phi) is 3.73. The minimum absolute atomic E-state index is 0.608. The SMILES string of the molecule is COc1ccc(Cc2nsc(NC3CC3)n2)cc1OC. The van der Waals surface area contributed by atoms with Crippen LogP contribution in [0, 0.1) is 0 Å². The van der Waals surface area contributed by atoms with Crippen molar-refractivity contribution in [1.82, 2.24) is 9.36 Å². The van der Waals surface area contributed by atoms with E-state index in [0.717, 1.165) is 28.0 Å². The van der Waals surface area contributed by atoms with Crippen molar-refractivity contribution in [3.05, 3.63) is 29.6 Å². The van der Waals surface area contributed by atoms with Crippen molar-refractivity contribution in [2.75, 3.05) is 19.5 Å². The van der Waals surface area contributed by atoms with Gasteiger partial charge in [0.25, 0.3) is 0 Å². The number of nitrogens with zero attached hydrogens (tertiary/aromatic N) is 2. The maximum absolute atomic E-state index is 5.31. The van der Waals surface area contributed by atoms with E-state index >= 15 is 0 Å². The molecule has 6 heteroatoms. The first-order chi connectivity index (χ1) is 9.78. The molecule has 0 atom stereocenters. The Labute approximate surface area is 122 Å². The van der Waals surface area contributed by atoms with Crippen LogP contribution in [0.25, 0.3) is 0 Å². The van der Waals surface area contributed by atoms with E-state index in [4.69, 9.17) is 9.47 Å². The highest BCUT2D eigenvalue weighted by Crippen LogP contribution is 2.29. The maximum atomic E-state index is 5.31. The summed E-state index contributed by atoms with van der Waals surface area (Å²) < 4.78 is 14.9. The number of anilines is 1. The molecule has 0 radical (unpaired) electrons. The zero-order valence-electron chi connectivity index (χ0n) is 11.5. The van der Waals surface area contributed by atoms with E-state index in [2.05, 4.69) is 14.7 Å². The number of ether oxygens (including phenoxy) is 2. The lowest BCUT2D eigenvalue weighted by atomic mass is 10.1. The number of methoxy groups -OCH3 is 2. The number of rotatable bonds is 6.